The molecule has 0 bridgehead atoms. The Labute approximate surface area is 114 Å². The maximum absolute atomic E-state index is 10.5. The van der Waals surface area contributed by atoms with Gasteiger partial charge in [-0.1, -0.05) is 26.8 Å². The highest BCUT2D eigenvalue weighted by Crippen LogP contribution is 2.36. The Morgan fingerprint density at radius 2 is 1.84 bits per heavy atom. The highest BCUT2D eigenvalue weighted by atomic mass is 16.6. The molecule has 2 atom stereocenters. The average Bonchev–Trinajstić information content (AvgIpc) is 2.38. The lowest BCUT2D eigenvalue weighted by Crippen LogP contribution is -2.36. The van der Waals surface area contributed by atoms with Crippen molar-refractivity contribution in [3.05, 3.63) is 23.8 Å². The summed E-state index contributed by atoms with van der Waals surface area (Å²) in [5, 5.41) is 10.5. The van der Waals surface area contributed by atoms with Gasteiger partial charge in [-0.3, -0.25) is 0 Å². The van der Waals surface area contributed by atoms with Crippen molar-refractivity contribution < 1.29 is 14.6 Å². The molecule has 4 nitrogen and oxygen atoms in total. The van der Waals surface area contributed by atoms with E-state index in [1.165, 1.54) is 0 Å². The monoisotopic (exact) mass is 265 g/mol. The SMILES string of the molecule is CC(C)(C)C(O)C(CN)c1ccc2c(c1)OCCO2. The molecule has 0 aromatic heterocycles. The molecule has 1 aliphatic heterocycles. The Morgan fingerprint density at radius 1 is 1.21 bits per heavy atom. The summed E-state index contributed by atoms with van der Waals surface area (Å²) in [6.45, 7) is 7.58. The van der Waals surface area contributed by atoms with E-state index in [1.807, 2.05) is 39.0 Å². The molecule has 0 radical (unpaired) electrons. The van der Waals surface area contributed by atoms with Gasteiger partial charge in [0.15, 0.2) is 11.5 Å². The summed E-state index contributed by atoms with van der Waals surface area (Å²) in [5.74, 6) is 1.40. The summed E-state index contributed by atoms with van der Waals surface area (Å²) in [6.07, 6.45) is -0.500. The van der Waals surface area contributed by atoms with Gasteiger partial charge in [0.05, 0.1) is 6.10 Å². The first-order chi connectivity index (χ1) is 8.93. The number of nitrogens with two attached hydrogens (primary N) is 1. The van der Waals surface area contributed by atoms with Gasteiger partial charge in [-0.15, -0.1) is 0 Å². The molecule has 0 saturated carbocycles. The fourth-order valence-electron chi connectivity index (χ4n) is 2.34. The fourth-order valence-corrected chi connectivity index (χ4v) is 2.34. The van der Waals surface area contributed by atoms with Crippen LogP contribution in [0.25, 0.3) is 0 Å². The van der Waals surface area contributed by atoms with Gasteiger partial charge < -0.3 is 20.3 Å². The first-order valence-electron chi connectivity index (χ1n) is 6.71. The standard InChI is InChI=1S/C15H23NO3/c1-15(2,3)14(17)11(9-16)10-4-5-12-13(8-10)19-7-6-18-12/h4-5,8,11,14,17H,6-7,9,16H2,1-3H3. The molecule has 3 N–H and O–H groups in total. The van der Waals surface area contributed by atoms with E-state index in [9.17, 15) is 5.11 Å². The molecule has 4 heteroatoms. The maximum atomic E-state index is 10.5. The van der Waals surface area contributed by atoms with E-state index < -0.39 is 6.10 Å². The third-order valence-corrected chi connectivity index (χ3v) is 3.52. The predicted octanol–water partition coefficient (Wildman–Crippen LogP) is 1.91. The van der Waals surface area contributed by atoms with Crippen LogP contribution in [0, 0.1) is 5.41 Å². The minimum atomic E-state index is -0.500. The molecule has 106 valence electrons. The molecule has 1 aromatic rings. The van der Waals surface area contributed by atoms with E-state index >= 15 is 0 Å². The number of rotatable bonds is 3. The number of hydrogen-bond acceptors (Lipinski definition) is 4. The summed E-state index contributed by atoms with van der Waals surface area (Å²) in [6, 6.07) is 5.78. The van der Waals surface area contributed by atoms with Crippen molar-refractivity contribution in [2.75, 3.05) is 19.8 Å². The van der Waals surface area contributed by atoms with E-state index in [-0.39, 0.29) is 11.3 Å². The van der Waals surface area contributed by atoms with Crippen molar-refractivity contribution >= 4 is 0 Å². The summed E-state index contributed by atoms with van der Waals surface area (Å²) in [5.41, 5.74) is 6.63. The zero-order valence-electron chi connectivity index (χ0n) is 11.8. The minimum absolute atomic E-state index is 0.101. The third-order valence-electron chi connectivity index (χ3n) is 3.52. The van der Waals surface area contributed by atoms with Crippen LogP contribution in [0.2, 0.25) is 0 Å². The normalized spacial score (nSPS) is 17.9. The zero-order chi connectivity index (χ0) is 14.0. The van der Waals surface area contributed by atoms with Crippen LogP contribution in [-0.4, -0.2) is 31.0 Å². The quantitative estimate of drug-likeness (QED) is 0.876. The number of benzene rings is 1. The number of hydrogen-bond donors (Lipinski definition) is 2. The lowest BCUT2D eigenvalue weighted by atomic mass is 9.78. The van der Waals surface area contributed by atoms with Crippen molar-refractivity contribution in [2.45, 2.75) is 32.8 Å². The van der Waals surface area contributed by atoms with Crippen molar-refractivity contribution in [3.63, 3.8) is 0 Å². The second-order valence-electron chi connectivity index (χ2n) is 6.06. The molecule has 19 heavy (non-hydrogen) atoms. The molecule has 1 aromatic carbocycles. The highest BCUT2D eigenvalue weighted by Gasteiger charge is 2.31. The Kier molecular flexibility index (Phi) is 4.02. The summed E-state index contributed by atoms with van der Waals surface area (Å²) < 4.78 is 11.1. The Balaban J connectivity index is 2.28. The van der Waals surface area contributed by atoms with E-state index in [1.54, 1.807) is 0 Å². The lowest BCUT2D eigenvalue weighted by Gasteiger charge is -2.33. The molecule has 0 amide bonds. The second-order valence-corrected chi connectivity index (χ2v) is 6.06. The molecular formula is C15H23NO3. The predicted molar refractivity (Wildman–Crippen MR) is 74.7 cm³/mol. The second kappa shape index (κ2) is 5.39. The molecule has 0 aliphatic carbocycles. The van der Waals surface area contributed by atoms with Crippen molar-refractivity contribution in [2.24, 2.45) is 11.1 Å². The molecule has 2 rings (SSSR count). The number of ether oxygens (including phenoxy) is 2. The molecule has 1 aliphatic rings. The van der Waals surface area contributed by atoms with Crippen molar-refractivity contribution in [3.8, 4) is 11.5 Å². The van der Waals surface area contributed by atoms with E-state index in [0.717, 1.165) is 17.1 Å². The van der Waals surface area contributed by atoms with Gasteiger partial charge in [-0.25, -0.2) is 0 Å². The number of aliphatic hydroxyl groups excluding tert-OH is 1. The van der Waals surface area contributed by atoms with Crippen LogP contribution >= 0.6 is 0 Å². The van der Waals surface area contributed by atoms with Crippen molar-refractivity contribution in [1.29, 1.82) is 0 Å². The highest BCUT2D eigenvalue weighted by molar-refractivity contribution is 5.45. The van der Waals surface area contributed by atoms with Crippen LogP contribution in [0.15, 0.2) is 18.2 Å². The summed E-state index contributed by atoms with van der Waals surface area (Å²) >= 11 is 0. The number of fused-ring (bicyclic) bond motifs is 1. The maximum Gasteiger partial charge on any atom is 0.161 e. The fraction of sp³-hybridized carbons (Fsp3) is 0.600. The summed E-state index contributed by atoms with van der Waals surface area (Å²) in [7, 11) is 0. The van der Waals surface area contributed by atoms with Crippen LogP contribution in [-0.2, 0) is 0 Å². The zero-order valence-corrected chi connectivity index (χ0v) is 11.8. The van der Waals surface area contributed by atoms with Crippen LogP contribution in [0.3, 0.4) is 0 Å². The van der Waals surface area contributed by atoms with Gasteiger partial charge in [0, 0.05) is 12.5 Å². The van der Waals surface area contributed by atoms with Gasteiger partial charge in [-0.05, 0) is 23.1 Å². The van der Waals surface area contributed by atoms with Gasteiger partial charge >= 0.3 is 0 Å². The van der Waals surface area contributed by atoms with E-state index in [2.05, 4.69) is 0 Å². The summed E-state index contributed by atoms with van der Waals surface area (Å²) in [4.78, 5) is 0. The third kappa shape index (κ3) is 3.01. The molecule has 0 fully saturated rings. The van der Waals surface area contributed by atoms with E-state index in [0.29, 0.717) is 19.8 Å². The average molecular weight is 265 g/mol. The first kappa shape index (κ1) is 14.2. The van der Waals surface area contributed by atoms with Gasteiger partial charge in [-0.2, -0.15) is 0 Å². The smallest absolute Gasteiger partial charge is 0.161 e. The van der Waals surface area contributed by atoms with Gasteiger partial charge in [0.1, 0.15) is 13.2 Å². The van der Waals surface area contributed by atoms with Crippen LogP contribution < -0.4 is 15.2 Å². The topological polar surface area (TPSA) is 64.7 Å². The minimum Gasteiger partial charge on any atom is -0.486 e. The lowest BCUT2D eigenvalue weighted by molar-refractivity contribution is 0.0406. The Bertz CT molecular complexity index is 440. The molecule has 0 spiro atoms. The molecule has 0 saturated heterocycles. The van der Waals surface area contributed by atoms with Gasteiger partial charge in [0.2, 0.25) is 0 Å². The molecule has 1 heterocycles. The Morgan fingerprint density at radius 3 is 2.42 bits per heavy atom. The number of aliphatic hydroxyl groups is 1. The molecular weight excluding hydrogens is 242 g/mol. The van der Waals surface area contributed by atoms with Crippen LogP contribution in [0.1, 0.15) is 32.3 Å². The van der Waals surface area contributed by atoms with Crippen LogP contribution in [0.4, 0.5) is 0 Å². The van der Waals surface area contributed by atoms with Gasteiger partial charge in [0.25, 0.3) is 0 Å². The Hall–Kier alpha value is -1.26. The first-order valence-corrected chi connectivity index (χ1v) is 6.71. The van der Waals surface area contributed by atoms with Crippen LogP contribution in [0.5, 0.6) is 11.5 Å². The van der Waals surface area contributed by atoms with Crippen molar-refractivity contribution in [1.82, 2.24) is 0 Å². The largest absolute Gasteiger partial charge is 0.486 e. The van der Waals surface area contributed by atoms with E-state index in [4.69, 9.17) is 15.2 Å². The molecule has 2 unspecified atom stereocenters.